The van der Waals surface area contributed by atoms with Gasteiger partial charge in [0.1, 0.15) is 4.88 Å². The largest absolute Gasteiger partial charge is 0.380 e. The number of nitrogens with zero attached hydrogens (tertiary/aromatic N) is 1. The van der Waals surface area contributed by atoms with Gasteiger partial charge in [-0.3, -0.25) is 0 Å². The average Bonchev–Trinajstić information content (AvgIpc) is 2.90. The van der Waals surface area contributed by atoms with Crippen molar-refractivity contribution in [1.82, 2.24) is 0 Å². The van der Waals surface area contributed by atoms with Crippen LogP contribution >= 0.6 is 11.3 Å². The maximum Gasteiger partial charge on any atom is 0.375 e. The summed E-state index contributed by atoms with van der Waals surface area (Å²) in [6.07, 6.45) is 0. The topological polar surface area (TPSA) is 64.7 Å². The molecule has 0 aliphatic heterocycles. The van der Waals surface area contributed by atoms with Crippen LogP contribution in [0.25, 0.3) is 0 Å². The summed E-state index contributed by atoms with van der Waals surface area (Å²) in [6, 6.07) is 12.6. The van der Waals surface area contributed by atoms with E-state index in [2.05, 4.69) is 5.16 Å². The van der Waals surface area contributed by atoms with Crippen LogP contribution in [0.3, 0.4) is 0 Å². The van der Waals surface area contributed by atoms with E-state index in [1.54, 1.807) is 29.6 Å². The number of amidine groups is 1. The standard InChI is InChI=1S/C12H10N2O2S/c13-11(9-5-2-1-3-6-9)14-16-12(15)10-7-4-8-17-10/h1-8H,(H2,13,14). The zero-order valence-electron chi connectivity index (χ0n) is 8.87. The third-order valence-corrected chi connectivity index (χ3v) is 2.87. The van der Waals surface area contributed by atoms with Gasteiger partial charge in [0.25, 0.3) is 0 Å². The number of benzene rings is 1. The first-order valence-corrected chi connectivity index (χ1v) is 5.79. The molecule has 0 bridgehead atoms. The second-order valence-electron chi connectivity index (χ2n) is 3.20. The number of carbonyl (C=O) groups excluding carboxylic acids is 1. The average molecular weight is 246 g/mol. The second-order valence-corrected chi connectivity index (χ2v) is 4.15. The first kappa shape index (κ1) is 11.3. The molecule has 17 heavy (non-hydrogen) atoms. The molecule has 86 valence electrons. The molecule has 1 aromatic heterocycles. The number of nitrogens with two attached hydrogens (primary N) is 1. The Labute approximate surface area is 102 Å². The Morgan fingerprint density at radius 1 is 1.18 bits per heavy atom. The van der Waals surface area contributed by atoms with E-state index in [1.165, 1.54) is 11.3 Å². The van der Waals surface area contributed by atoms with E-state index in [0.717, 1.165) is 0 Å². The van der Waals surface area contributed by atoms with Crippen molar-refractivity contribution < 1.29 is 9.63 Å². The van der Waals surface area contributed by atoms with Gasteiger partial charge in [-0.05, 0) is 11.4 Å². The van der Waals surface area contributed by atoms with E-state index in [0.29, 0.717) is 10.4 Å². The van der Waals surface area contributed by atoms with Gasteiger partial charge in [-0.1, -0.05) is 41.6 Å². The van der Waals surface area contributed by atoms with E-state index in [1.807, 2.05) is 18.2 Å². The summed E-state index contributed by atoms with van der Waals surface area (Å²) in [7, 11) is 0. The molecule has 2 rings (SSSR count). The van der Waals surface area contributed by atoms with Crippen LogP contribution in [0.2, 0.25) is 0 Å². The highest BCUT2D eigenvalue weighted by atomic mass is 32.1. The van der Waals surface area contributed by atoms with Crippen LogP contribution in [0.15, 0.2) is 53.0 Å². The minimum absolute atomic E-state index is 0.176. The molecular weight excluding hydrogens is 236 g/mol. The highest BCUT2D eigenvalue weighted by Crippen LogP contribution is 2.10. The molecule has 0 unspecified atom stereocenters. The van der Waals surface area contributed by atoms with Crippen LogP contribution < -0.4 is 5.73 Å². The maximum atomic E-state index is 11.5. The Morgan fingerprint density at radius 2 is 1.94 bits per heavy atom. The predicted octanol–water partition coefficient (Wildman–Crippen LogP) is 2.23. The zero-order valence-corrected chi connectivity index (χ0v) is 9.68. The van der Waals surface area contributed by atoms with E-state index in [4.69, 9.17) is 10.6 Å². The fourth-order valence-corrected chi connectivity index (χ4v) is 1.79. The molecule has 0 amide bonds. The van der Waals surface area contributed by atoms with Crippen molar-refractivity contribution in [2.24, 2.45) is 10.9 Å². The van der Waals surface area contributed by atoms with E-state index < -0.39 is 5.97 Å². The van der Waals surface area contributed by atoms with Gasteiger partial charge in [-0.15, -0.1) is 11.3 Å². The van der Waals surface area contributed by atoms with Crippen LogP contribution in [0, 0.1) is 0 Å². The van der Waals surface area contributed by atoms with Crippen molar-refractivity contribution in [2.75, 3.05) is 0 Å². The molecule has 1 heterocycles. The smallest absolute Gasteiger partial charge is 0.375 e. The van der Waals surface area contributed by atoms with Gasteiger partial charge in [0, 0.05) is 5.56 Å². The molecule has 5 heteroatoms. The molecule has 0 radical (unpaired) electrons. The number of carbonyl (C=O) groups is 1. The molecule has 0 atom stereocenters. The third kappa shape index (κ3) is 2.92. The summed E-state index contributed by atoms with van der Waals surface area (Å²) in [5.41, 5.74) is 6.39. The number of hydrogen-bond acceptors (Lipinski definition) is 4. The fourth-order valence-electron chi connectivity index (χ4n) is 1.19. The van der Waals surface area contributed by atoms with Gasteiger partial charge in [-0.25, -0.2) is 4.79 Å². The minimum atomic E-state index is -0.501. The molecule has 4 nitrogen and oxygen atoms in total. The van der Waals surface area contributed by atoms with Crippen molar-refractivity contribution in [3.05, 3.63) is 58.3 Å². The van der Waals surface area contributed by atoms with Gasteiger partial charge < -0.3 is 10.6 Å². The van der Waals surface area contributed by atoms with Gasteiger partial charge in [0.05, 0.1) is 0 Å². The van der Waals surface area contributed by atoms with Crippen LogP contribution in [0.5, 0.6) is 0 Å². The maximum absolute atomic E-state index is 11.5. The molecule has 0 spiro atoms. The van der Waals surface area contributed by atoms with Crippen LogP contribution in [-0.4, -0.2) is 11.8 Å². The monoisotopic (exact) mass is 246 g/mol. The van der Waals surface area contributed by atoms with Gasteiger partial charge in [-0.2, -0.15) is 0 Å². The molecule has 2 N–H and O–H groups in total. The lowest BCUT2D eigenvalue weighted by atomic mass is 10.2. The Hall–Kier alpha value is -2.14. The first-order chi connectivity index (χ1) is 8.27. The minimum Gasteiger partial charge on any atom is -0.380 e. The van der Waals surface area contributed by atoms with E-state index in [-0.39, 0.29) is 5.84 Å². The molecule has 1 aromatic carbocycles. The molecular formula is C12H10N2O2S. The van der Waals surface area contributed by atoms with Crippen molar-refractivity contribution in [2.45, 2.75) is 0 Å². The summed E-state index contributed by atoms with van der Waals surface area (Å²) < 4.78 is 0. The van der Waals surface area contributed by atoms with Gasteiger partial charge in [0.15, 0.2) is 5.84 Å². The molecule has 0 saturated carbocycles. The fraction of sp³-hybridized carbons (Fsp3) is 0. The molecule has 0 aliphatic carbocycles. The summed E-state index contributed by atoms with van der Waals surface area (Å²) in [5, 5.41) is 5.39. The third-order valence-electron chi connectivity index (χ3n) is 2.02. The van der Waals surface area contributed by atoms with E-state index in [9.17, 15) is 4.79 Å². The Morgan fingerprint density at radius 3 is 2.59 bits per heavy atom. The Balaban J connectivity index is 2.04. The Kier molecular flexibility index (Phi) is 3.52. The van der Waals surface area contributed by atoms with Crippen molar-refractivity contribution >= 4 is 23.1 Å². The van der Waals surface area contributed by atoms with E-state index >= 15 is 0 Å². The summed E-state index contributed by atoms with van der Waals surface area (Å²) in [4.78, 5) is 16.7. The lowest BCUT2D eigenvalue weighted by Crippen LogP contribution is -2.14. The van der Waals surface area contributed by atoms with Crippen LogP contribution in [-0.2, 0) is 4.84 Å². The summed E-state index contributed by atoms with van der Waals surface area (Å²) in [6.45, 7) is 0. The highest BCUT2D eigenvalue weighted by molar-refractivity contribution is 7.11. The molecule has 0 fully saturated rings. The second kappa shape index (κ2) is 5.27. The SMILES string of the molecule is N/C(=N\OC(=O)c1cccs1)c1ccccc1. The van der Waals surface area contributed by atoms with Gasteiger partial charge in [0.2, 0.25) is 0 Å². The van der Waals surface area contributed by atoms with Crippen molar-refractivity contribution in [1.29, 1.82) is 0 Å². The predicted molar refractivity (Wildman–Crippen MR) is 66.9 cm³/mol. The lowest BCUT2D eigenvalue weighted by Gasteiger charge is -1.99. The van der Waals surface area contributed by atoms with Gasteiger partial charge >= 0.3 is 5.97 Å². The number of hydrogen-bond donors (Lipinski definition) is 1. The lowest BCUT2D eigenvalue weighted by molar-refractivity contribution is 0.0522. The van der Waals surface area contributed by atoms with Crippen LogP contribution in [0.1, 0.15) is 15.2 Å². The van der Waals surface area contributed by atoms with Crippen LogP contribution in [0.4, 0.5) is 0 Å². The molecule has 0 aliphatic rings. The highest BCUT2D eigenvalue weighted by Gasteiger charge is 2.08. The number of rotatable bonds is 3. The summed E-state index contributed by atoms with van der Waals surface area (Å²) in [5.74, 6) is -0.325. The normalized spacial score (nSPS) is 11.2. The Bertz CT molecular complexity index is 521. The summed E-state index contributed by atoms with van der Waals surface area (Å²) >= 11 is 1.29. The first-order valence-electron chi connectivity index (χ1n) is 4.91. The number of thiophene rings is 1. The van der Waals surface area contributed by atoms with Crippen molar-refractivity contribution in [3.63, 3.8) is 0 Å². The molecule has 2 aromatic rings. The zero-order chi connectivity index (χ0) is 12.1. The molecule has 0 saturated heterocycles. The quantitative estimate of drug-likeness (QED) is 0.391. The van der Waals surface area contributed by atoms with Crippen molar-refractivity contribution in [3.8, 4) is 0 Å². The number of oxime groups is 1.